The molecule has 0 spiro atoms. The van der Waals surface area contributed by atoms with Crippen LogP contribution in [0.4, 0.5) is 4.79 Å². The standard InChI is InChI=1S/C13H17BN2O3/c1-16(2)12(18)11(17)10(15-13(14)19)8-9-6-4-3-5-7-9/h3-7,10-11,17H,8H2,1-2H3,(H,15,19)/t10-,11+/m0/s1. The quantitative estimate of drug-likeness (QED) is 0.728. The molecule has 0 aliphatic heterocycles. The number of aliphatic hydroxyl groups is 1. The molecule has 5 nitrogen and oxygen atoms in total. The third-order valence-corrected chi connectivity index (χ3v) is 2.70. The minimum absolute atomic E-state index is 0.324. The number of benzene rings is 1. The largest absolute Gasteiger partial charge is 0.381 e. The van der Waals surface area contributed by atoms with Gasteiger partial charge in [-0.25, -0.2) is 0 Å². The summed E-state index contributed by atoms with van der Waals surface area (Å²) in [6, 6.07) is 8.50. The van der Waals surface area contributed by atoms with Gasteiger partial charge in [0.1, 0.15) is 0 Å². The number of amides is 2. The van der Waals surface area contributed by atoms with E-state index in [0.29, 0.717) is 6.42 Å². The molecule has 1 rings (SSSR count). The predicted octanol–water partition coefficient (Wildman–Crippen LogP) is -0.0751. The molecule has 0 aliphatic rings. The Labute approximate surface area is 114 Å². The second-order valence-electron chi connectivity index (χ2n) is 4.48. The van der Waals surface area contributed by atoms with Crippen molar-refractivity contribution in [3.05, 3.63) is 35.9 Å². The lowest BCUT2D eigenvalue weighted by Crippen LogP contribution is -2.51. The second kappa shape index (κ2) is 6.94. The maximum absolute atomic E-state index is 11.7. The number of carbonyl (C=O) groups is 2. The zero-order chi connectivity index (χ0) is 14.4. The number of likely N-dealkylation sites (N-methyl/N-ethyl adjacent to an activating group) is 1. The van der Waals surface area contributed by atoms with E-state index in [1.54, 1.807) is 0 Å². The van der Waals surface area contributed by atoms with Crippen molar-refractivity contribution >= 4 is 19.6 Å². The van der Waals surface area contributed by atoms with Crippen LogP contribution in [0.5, 0.6) is 0 Å². The van der Waals surface area contributed by atoms with E-state index in [9.17, 15) is 14.7 Å². The molecule has 2 amide bonds. The number of hydrogen-bond acceptors (Lipinski definition) is 3. The van der Waals surface area contributed by atoms with Gasteiger partial charge in [-0.05, 0) is 12.0 Å². The Bertz CT molecular complexity index is 437. The molecule has 0 bridgehead atoms. The molecule has 0 saturated carbocycles. The molecule has 0 unspecified atom stereocenters. The van der Waals surface area contributed by atoms with Crippen LogP contribution in [-0.2, 0) is 11.2 Å². The van der Waals surface area contributed by atoms with Gasteiger partial charge in [0.15, 0.2) is 11.9 Å². The summed E-state index contributed by atoms with van der Waals surface area (Å²) >= 11 is 0. The van der Waals surface area contributed by atoms with Crippen LogP contribution in [0.25, 0.3) is 0 Å². The van der Waals surface area contributed by atoms with Crippen LogP contribution in [0.2, 0.25) is 0 Å². The van der Waals surface area contributed by atoms with Crippen LogP contribution in [0.15, 0.2) is 30.3 Å². The first kappa shape index (κ1) is 15.2. The van der Waals surface area contributed by atoms with E-state index in [-0.39, 0.29) is 0 Å². The fourth-order valence-electron chi connectivity index (χ4n) is 1.73. The van der Waals surface area contributed by atoms with Gasteiger partial charge in [-0.2, -0.15) is 0 Å². The van der Waals surface area contributed by atoms with E-state index < -0.39 is 23.9 Å². The number of nitrogens with zero attached hydrogens (tertiary/aromatic N) is 1. The van der Waals surface area contributed by atoms with Crippen LogP contribution < -0.4 is 5.32 Å². The highest BCUT2D eigenvalue weighted by molar-refractivity contribution is 6.57. The summed E-state index contributed by atoms with van der Waals surface area (Å²) in [5.41, 5.74) is 0.895. The fourth-order valence-corrected chi connectivity index (χ4v) is 1.73. The van der Waals surface area contributed by atoms with E-state index in [1.807, 2.05) is 30.3 Å². The molecule has 0 aromatic heterocycles. The summed E-state index contributed by atoms with van der Waals surface area (Å²) in [5.74, 6) is -1.25. The van der Waals surface area contributed by atoms with Crippen molar-refractivity contribution < 1.29 is 14.7 Å². The first-order valence-corrected chi connectivity index (χ1v) is 5.91. The average Bonchev–Trinajstić information content (AvgIpc) is 2.36. The number of carbonyl (C=O) groups excluding carboxylic acids is 2. The molecule has 19 heavy (non-hydrogen) atoms. The topological polar surface area (TPSA) is 69.6 Å². The van der Waals surface area contributed by atoms with Crippen molar-refractivity contribution in [2.45, 2.75) is 18.6 Å². The van der Waals surface area contributed by atoms with E-state index in [2.05, 4.69) is 5.32 Å². The SMILES string of the molecule is [B]C(=O)N[C@@H](Cc1ccccc1)[C@@H](O)C(=O)N(C)C. The number of nitrogens with one attached hydrogen (secondary N) is 1. The van der Waals surface area contributed by atoms with Gasteiger partial charge in [0.2, 0.25) is 7.85 Å². The molecule has 1 aromatic rings. The molecule has 0 heterocycles. The van der Waals surface area contributed by atoms with Gasteiger partial charge in [0, 0.05) is 14.1 Å². The van der Waals surface area contributed by atoms with Gasteiger partial charge in [-0.1, -0.05) is 30.3 Å². The normalized spacial score (nSPS) is 13.4. The number of aliphatic hydroxyl groups excluding tert-OH is 1. The second-order valence-corrected chi connectivity index (χ2v) is 4.48. The van der Waals surface area contributed by atoms with Gasteiger partial charge in [0.25, 0.3) is 5.91 Å². The van der Waals surface area contributed by atoms with Gasteiger partial charge < -0.3 is 15.3 Å². The van der Waals surface area contributed by atoms with Gasteiger partial charge >= 0.3 is 0 Å². The van der Waals surface area contributed by atoms with Crippen LogP contribution >= 0.6 is 0 Å². The Hall–Kier alpha value is -1.82. The monoisotopic (exact) mass is 260 g/mol. The van der Waals surface area contributed by atoms with Crippen LogP contribution in [-0.4, -0.2) is 55.8 Å². The van der Waals surface area contributed by atoms with E-state index in [4.69, 9.17) is 7.85 Å². The first-order valence-electron chi connectivity index (χ1n) is 5.91. The average molecular weight is 260 g/mol. The Morgan fingerprint density at radius 2 is 1.89 bits per heavy atom. The Morgan fingerprint density at radius 3 is 2.37 bits per heavy atom. The lowest BCUT2D eigenvalue weighted by molar-refractivity contribution is -0.138. The molecule has 2 atom stereocenters. The molecule has 2 N–H and O–H groups in total. The minimum atomic E-state index is -1.33. The molecule has 0 saturated heterocycles. The summed E-state index contributed by atoms with van der Waals surface area (Å²) in [4.78, 5) is 24.0. The maximum Gasteiger partial charge on any atom is 0.253 e. The summed E-state index contributed by atoms with van der Waals surface area (Å²) in [6.07, 6.45) is -1.01. The van der Waals surface area contributed by atoms with Gasteiger partial charge in [0.05, 0.1) is 6.04 Å². The van der Waals surface area contributed by atoms with E-state index in [0.717, 1.165) is 5.56 Å². The number of rotatable bonds is 5. The number of hydrogen-bond donors (Lipinski definition) is 2. The van der Waals surface area contributed by atoms with Crippen molar-refractivity contribution in [3.63, 3.8) is 0 Å². The van der Waals surface area contributed by atoms with Crippen molar-refractivity contribution in [3.8, 4) is 0 Å². The lowest BCUT2D eigenvalue weighted by Gasteiger charge is -2.25. The van der Waals surface area contributed by atoms with Crippen LogP contribution in [0, 0.1) is 0 Å². The fraction of sp³-hybridized carbons (Fsp3) is 0.385. The summed E-state index contributed by atoms with van der Waals surface area (Å²) in [6.45, 7) is 0. The minimum Gasteiger partial charge on any atom is -0.381 e. The highest BCUT2D eigenvalue weighted by Crippen LogP contribution is 2.08. The predicted molar refractivity (Wildman–Crippen MR) is 72.9 cm³/mol. The Balaban J connectivity index is 2.82. The van der Waals surface area contributed by atoms with Gasteiger partial charge in [-0.15, -0.1) is 0 Å². The zero-order valence-electron chi connectivity index (χ0n) is 11.0. The Morgan fingerprint density at radius 1 is 1.32 bits per heavy atom. The van der Waals surface area contributed by atoms with Gasteiger partial charge in [-0.3, -0.25) is 9.59 Å². The van der Waals surface area contributed by atoms with E-state index in [1.165, 1.54) is 19.0 Å². The summed E-state index contributed by atoms with van der Waals surface area (Å²) < 4.78 is 0. The van der Waals surface area contributed by atoms with Crippen LogP contribution in [0.1, 0.15) is 5.56 Å². The van der Waals surface area contributed by atoms with Crippen molar-refractivity contribution in [1.82, 2.24) is 10.2 Å². The third-order valence-electron chi connectivity index (χ3n) is 2.70. The summed E-state index contributed by atoms with van der Waals surface area (Å²) in [7, 11) is 8.15. The maximum atomic E-state index is 11.7. The highest BCUT2D eigenvalue weighted by atomic mass is 16.3. The molecule has 2 radical (unpaired) electrons. The molecule has 0 aliphatic carbocycles. The molecule has 1 aromatic carbocycles. The van der Waals surface area contributed by atoms with Crippen molar-refractivity contribution in [2.75, 3.05) is 14.1 Å². The summed E-state index contributed by atoms with van der Waals surface area (Å²) in [5, 5.41) is 12.4. The molecule has 100 valence electrons. The smallest absolute Gasteiger partial charge is 0.253 e. The zero-order valence-corrected chi connectivity index (χ0v) is 11.0. The molecular formula is C13H17BN2O3. The van der Waals surface area contributed by atoms with E-state index >= 15 is 0 Å². The third kappa shape index (κ3) is 4.75. The molecule has 0 fully saturated rings. The Kier molecular flexibility index (Phi) is 5.57. The van der Waals surface area contributed by atoms with Crippen LogP contribution in [0.3, 0.4) is 0 Å². The lowest BCUT2D eigenvalue weighted by atomic mass is 9.98. The molecular weight excluding hydrogens is 243 g/mol. The first-order chi connectivity index (χ1) is 8.91. The highest BCUT2D eigenvalue weighted by Gasteiger charge is 2.27. The molecule has 6 heteroatoms. The van der Waals surface area contributed by atoms with Crippen molar-refractivity contribution in [2.24, 2.45) is 0 Å². The van der Waals surface area contributed by atoms with Crippen molar-refractivity contribution in [1.29, 1.82) is 0 Å².